The molecule has 4 N–H and O–H groups in total. The second-order valence-corrected chi connectivity index (χ2v) is 9.35. The Labute approximate surface area is 220 Å². The Morgan fingerprint density at radius 1 is 1.00 bits per heavy atom. The van der Waals surface area contributed by atoms with Crippen LogP contribution in [-0.4, -0.2) is 56.8 Å². The average Bonchev–Trinajstić information content (AvgIpc) is 3.33. The summed E-state index contributed by atoms with van der Waals surface area (Å²) in [7, 11) is 4.26. The maximum Gasteiger partial charge on any atom is 0.312 e. The van der Waals surface area contributed by atoms with Crippen molar-refractivity contribution in [2.75, 3.05) is 34.5 Å². The molecule has 1 heterocycles. The van der Waals surface area contributed by atoms with Gasteiger partial charge < -0.3 is 39.6 Å². The lowest BCUT2D eigenvalue weighted by molar-refractivity contribution is -0.161. The van der Waals surface area contributed by atoms with Gasteiger partial charge >= 0.3 is 5.97 Å². The van der Waals surface area contributed by atoms with Gasteiger partial charge in [-0.05, 0) is 23.3 Å². The van der Waals surface area contributed by atoms with Crippen LogP contribution in [0.5, 0.6) is 23.0 Å². The highest BCUT2D eigenvalue weighted by molar-refractivity contribution is 5.78. The fourth-order valence-corrected chi connectivity index (χ4v) is 6.04. The van der Waals surface area contributed by atoms with Gasteiger partial charge in [-0.2, -0.15) is 0 Å². The molecule has 0 spiro atoms. The highest BCUT2D eigenvalue weighted by Crippen LogP contribution is 2.70. The van der Waals surface area contributed by atoms with Crippen molar-refractivity contribution in [3.63, 3.8) is 0 Å². The van der Waals surface area contributed by atoms with E-state index in [1.165, 1.54) is 14.2 Å². The smallest absolute Gasteiger partial charge is 0.312 e. The molecule has 0 radical (unpaired) electrons. The minimum Gasteiger partial charge on any atom is -0.497 e. The predicted octanol–water partition coefficient (Wildman–Crippen LogP) is 2.46. The number of aliphatic hydroxyl groups is 2. The van der Waals surface area contributed by atoms with Crippen molar-refractivity contribution in [3.8, 4) is 23.0 Å². The van der Waals surface area contributed by atoms with Gasteiger partial charge in [0.1, 0.15) is 35.7 Å². The molecule has 5 unspecified atom stereocenters. The molecule has 3 aromatic carbocycles. The van der Waals surface area contributed by atoms with E-state index in [0.29, 0.717) is 29.2 Å². The van der Waals surface area contributed by atoms with Crippen LogP contribution in [0.1, 0.15) is 22.6 Å². The largest absolute Gasteiger partial charge is 0.497 e. The van der Waals surface area contributed by atoms with Crippen LogP contribution in [-0.2, 0) is 20.7 Å². The van der Waals surface area contributed by atoms with E-state index in [2.05, 4.69) is 0 Å². The van der Waals surface area contributed by atoms with Crippen LogP contribution >= 0.6 is 0 Å². The molecule has 0 amide bonds. The molecular formula is C29H31NO8. The Balaban J connectivity index is 1.84. The molecule has 1 aliphatic carbocycles. The maximum absolute atomic E-state index is 13.3. The quantitative estimate of drug-likeness (QED) is 0.383. The first kappa shape index (κ1) is 25.8. The molecular weight excluding hydrogens is 490 g/mol. The van der Waals surface area contributed by atoms with Crippen molar-refractivity contribution in [2.24, 2.45) is 11.7 Å². The number of benzene rings is 3. The molecule has 9 heteroatoms. The van der Waals surface area contributed by atoms with E-state index >= 15 is 0 Å². The number of nitrogens with two attached hydrogens (primary N) is 1. The zero-order chi connectivity index (χ0) is 27.1. The minimum absolute atomic E-state index is 0.218. The Bertz CT molecular complexity index is 1310. The zero-order valence-electron chi connectivity index (χ0n) is 21.4. The van der Waals surface area contributed by atoms with Crippen LogP contribution in [0.4, 0.5) is 0 Å². The highest BCUT2D eigenvalue weighted by atomic mass is 16.6. The Morgan fingerprint density at radius 3 is 2.32 bits per heavy atom. The van der Waals surface area contributed by atoms with Gasteiger partial charge in [0.25, 0.3) is 0 Å². The first-order chi connectivity index (χ1) is 18.4. The number of ether oxygens (including phenoxy) is 5. The number of methoxy groups -OCH3 is 3. The van der Waals surface area contributed by atoms with Crippen LogP contribution in [0.25, 0.3) is 0 Å². The van der Waals surface area contributed by atoms with E-state index in [9.17, 15) is 15.0 Å². The molecule has 1 aliphatic heterocycles. The van der Waals surface area contributed by atoms with E-state index < -0.39 is 35.1 Å². The average molecular weight is 522 g/mol. The summed E-state index contributed by atoms with van der Waals surface area (Å²) in [5, 5.41) is 24.7. The molecule has 5 atom stereocenters. The summed E-state index contributed by atoms with van der Waals surface area (Å²) in [6.07, 6.45) is -1.62. The second kappa shape index (κ2) is 9.83. The molecule has 5 rings (SSSR count). The number of hydrogen-bond acceptors (Lipinski definition) is 9. The fourth-order valence-electron chi connectivity index (χ4n) is 6.04. The van der Waals surface area contributed by atoms with Crippen LogP contribution in [0.15, 0.2) is 66.7 Å². The molecule has 0 saturated heterocycles. The zero-order valence-corrected chi connectivity index (χ0v) is 21.4. The molecule has 9 nitrogen and oxygen atoms in total. The Hall–Kier alpha value is -3.79. The number of carbonyl (C=O) groups is 1. The van der Waals surface area contributed by atoms with Gasteiger partial charge in [0, 0.05) is 24.6 Å². The fraction of sp³-hybridized carbons (Fsp3) is 0.345. The lowest BCUT2D eigenvalue weighted by atomic mass is 9.70. The first-order valence-electron chi connectivity index (χ1n) is 12.3. The summed E-state index contributed by atoms with van der Waals surface area (Å²) in [4.78, 5) is 13.3. The van der Waals surface area contributed by atoms with E-state index in [0.717, 1.165) is 0 Å². The van der Waals surface area contributed by atoms with Crippen molar-refractivity contribution in [1.29, 1.82) is 0 Å². The SMILES string of the molecule is COC(=O)C1C(O)C2(O)c3c(OC)cc(OCCN)cc3OC2(c2ccc(OC)cc2)C1c1ccccc1. The molecule has 38 heavy (non-hydrogen) atoms. The summed E-state index contributed by atoms with van der Waals surface area (Å²) in [5.74, 6) is -1.17. The Kier molecular flexibility index (Phi) is 6.68. The standard InChI is InChI=1S/C29H31NO8/c1-34-19-11-9-18(10-12-19)29-24(17-7-5-4-6-8-17)23(27(32)36-3)26(31)28(29,33)25-21(35-2)15-20(37-14-13-30)16-22(25)38-29/h4-12,15-16,23-24,26,31,33H,13-14,30H2,1-3H3. The third-order valence-electron chi connectivity index (χ3n) is 7.58. The van der Waals surface area contributed by atoms with Crippen LogP contribution in [0, 0.1) is 5.92 Å². The third kappa shape index (κ3) is 3.53. The van der Waals surface area contributed by atoms with E-state index in [1.807, 2.05) is 30.3 Å². The monoisotopic (exact) mass is 521 g/mol. The van der Waals surface area contributed by atoms with Crippen LogP contribution in [0.2, 0.25) is 0 Å². The van der Waals surface area contributed by atoms with E-state index in [4.69, 9.17) is 29.4 Å². The van der Waals surface area contributed by atoms with E-state index in [-0.39, 0.29) is 23.7 Å². The van der Waals surface area contributed by atoms with Gasteiger partial charge in [0.2, 0.25) is 0 Å². The van der Waals surface area contributed by atoms with Gasteiger partial charge in [-0.15, -0.1) is 0 Å². The van der Waals surface area contributed by atoms with Crippen molar-refractivity contribution in [2.45, 2.75) is 23.2 Å². The molecule has 0 bridgehead atoms. The summed E-state index contributed by atoms with van der Waals surface area (Å²) in [6.45, 7) is 0.561. The first-order valence-corrected chi connectivity index (χ1v) is 12.3. The maximum atomic E-state index is 13.3. The molecule has 1 fully saturated rings. The van der Waals surface area contributed by atoms with Gasteiger partial charge in [-0.25, -0.2) is 0 Å². The lowest BCUT2D eigenvalue weighted by Gasteiger charge is -2.40. The summed E-state index contributed by atoms with van der Waals surface area (Å²) >= 11 is 0. The molecule has 2 aliphatic rings. The number of rotatable bonds is 8. The molecule has 200 valence electrons. The highest BCUT2D eigenvalue weighted by Gasteiger charge is 2.78. The molecule has 3 aromatic rings. The summed E-state index contributed by atoms with van der Waals surface area (Å²) < 4.78 is 28.7. The van der Waals surface area contributed by atoms with Gasteiger partial charge in [-0.1, -0.05) is 42.5 Å². The van der Waals surface area contributed by atoms with Crippen molar-refractivity contribution >= 4 is 5.97 Å². The predicted molar refractivity (Wildman–Crippen MR) is 137 cm³/mol. The summed E-state index contributed by atoms with van der Waals surface area (Å²) in [5.41, 5.74) is 3.28. The molecule has 0 aromatic heterocycles. The number of fused-ring (bicyclic) bond motifs is 3. The summed E-state index contributed by atoms with van der Waals surface area (Å²) in [6, 6.07) is 19.4. The van der Waals surface area contributed by atoms with Gasteiger partial charge in [0.15, 0.2) is 11.2 Å². The van der Waals surface area contributed by atoms with Crippen LogP contribution in [0.3, 0.4) is 0 Å². The number of aliphatic hydroxyl groups excluding tert-OH is 1. The van der Waals surface area contributed by atoms with Gasteiger partial charge in [-0.3, -0.25) is 4.79 Å². The van der Waals surface area contributed by atoms with Gasteiger partial charge in [0.05, 0.1) is 32.8 Å². The van der Waals surface area contributed by atoms with Crippen molar-refractivity contribution in [3.05, 3.63) is 83.4 Å². The van der Waals surface area contributed by atoms with Crippen molar-refractivity contribution < 1.29 is 38.7 Å². The number of carbonyl (C=O) groups excluding carboxylic acids is 1. The van der Waals surface area contributed by atoms with E-state index in [1.54, 1.807) is 43.5 Å². The normalized spacial score (nSPS) is 27.2. The second-order valence-electron chi connectivity index (χ2n) is 9.35. The molecule has 1 saturated carbocycles. The lowest BCUT2D eigenvalue weighted by Crippen LogP contribution is -2.52. The minimum atomic E-state index is -2.12. The third-order valence-corrected chi connectivity index (χ3v) is 7.58. The number of esters is 1. The Morgan fingerprint density at radius 2 is 1.71 bits per heavy atom. The van der Waals surface area contributed by atoms with Crippen molar-refractivity contribution in [1.82, 2.24) is 0 Å². The number of hydrogen-bond donors (Lipinski definition) is 3. The topological polar surface area (TPSA) is 130 Å². The van der Waals surface area contributed by atoms with Crippen LogP contribution < -0.4 is 24.7 Å².